The lowest BCUT2D eigenvalue weighted by Gasteiger charge is -2.03. The van der Waals surface area contributed by atoms with Crippen LogP contribution < -0.4 is 4.74 Å². The molecular formula is C10H9ClN2O. The van der Waals surface area contributed by atoms with Gasteiger partial charge >= 0.3 is 0 Å². The van der Waals surface area contributed by atoms with E-state index in [0.717, 1.165) is 11.4 Å². The minimum atomic E-state index is 0.585. The summed E-state index contributed by atoms with van der Waals surface area (Å²) in [7, 11) is 1.59. The van der Waals surface area contributed by atoms with Crippen molar-refractivity contribution in [1.29, 1.82) is 0 Å². The van der Waals surface area contributed by atoms with E-state index in [4.69, 9.17) is 16.3 Å². The molecule has 0 radical (unpaired) electrons. The van der Waals surface area contributed by atoms with E-state index in [-0.39, 0.29) is 0 Å². The Morgan fingerprint density at radius 3 is 2.86 bits per heavy atom. The van der Waals surface area contributed by atoms with Crippen molar-refractivity contribution >= 4 is 11.6 Å². The van der Waals surface area contributed by atoms with E-state index in [1.807, 2.05) is 18.2 Å². The number of imidazole rings is 1. The van der Waals surface area contributed by atoms with Crippen LogP contribution in [-0.4, -0.2) is 17.1 Å². The van der Waals surface area contributed by atoms with Gasteiger partial charge in [0.25, 0.3) is 0 Å². The van der Waals surface area contributed by atoms with Gasteiger partial charge in [-0.1, -0.05) is 11.6 Å². The van der Waals surface area contributed by atoms with E-state index in [1.54, 1.807) is 19.5 Å². The lowest BCUT2D eigenvalue weighted by Crippen LogP contribution is -1.85. The first-order valence-electron chi connectivity index (χ1n) is 4.14. The minimum absolute atomic E-state index is 0.585. The van der Waals surface area contributed by atoms with Gasteiger partial charge < -0.3 is 9.72 Å². The van der Waals surface area contributed by atoms with E-state index >= 15 is 0 Å². The number of rotatable bonds is 2. The molecule has 2 rings (SSSR count). The molecule has 1 aromatic carbocycles. The van der Waals surface area contributed by atoms with E-state index in [2.05, 4.69) is 9.97 Å². The maximum atomic E-state index is 5.98. The smallest absolute Gasteiger partial charge is 0.137 e. The van der Waals surface area contributed by atoms with Gasteiger partial charge in [0.1, 0.15) is 11.6 Å². The quantitative estimate of drug-likeness (QED) is 0.824. The van der Waals surface area contributed by atoms with E-state index in [9.17, 15) is 0 Å². The molecule has 0 aliphatic carbocycles. The number of aromatic amines is 1. The van der Waals surface area contributed by atoms with Gasteiger partial charge in [-0.05, 0) is 18.2 Å². The summed E-state index contributed by atoms with van der Waals surface area (Å²) in [5.41, 5.74) is 0.945. The maximum absolute atomic E-state index is 5.98. The van der Waals surface area contributed by atoms with E-state index in [1.165, 1.54) is 0 Å². The van der Waals surface area contributed by atoms with Crippen molar-refractivity contribution in [3.8, 4) is 17.1 Å². The first-order chi connectivity index (χ1) is 6.81. The van der Waals surface area contributed by atoms with Crippen molar-refractivity contribution < 1.29 is 4.74 Å². The number of ether oxygens (including phenoxy) is 1. The van der Waals surface area contributed by atoms with Gasteiger partial charge in [-0.3, -0.25) is 0 Å². The molecule has 0 saturated carbocycles. The summed E-state index contributed by atoms with van der Waals surface area (Å²) in [6.07, 6.45) is 3.47. The molecule has 0 atom stereocenters. The van der Waals surface area contributed by atoms with Gasteiger partial charge in [0.05, 0.1) is 12.1 Å². The number of nitrogens with one attached hydrogen (secondary N) is 1. The molecule has 4 heteroatoms. The van der Waals surface area contributed by atoms with Gasteiger partial charge in [-0.25, -0.2) is 4.98 Å². The largest absolute Gasteiger partial charge is 0.495 e. The third-order valence-corrected chi connectivity index (χ3v) is 2.22. The van der Waals surface area contributed by atoms with Crippen LogP contribution in [0.5, 0.6) is 5.75 Å². The third-order valence-electron chi connectivity index (χ3n) is 1.92. The Morgan fingerprint density at radius 2 is 2.29 bits per heavy atom. The van der Waals surface area contributed by atoms with E-state index in [0.29, 0.717) is 10.8 Å². The molecule has 0 amide bonds. The molecule has 14 heavy (non-hydrogen) atoms. The second-order valence-electron chi connectivity index (χ2n) is 2.79. The third kappa shape index (κ3) is 1.59. The van der Waals surface area contributed by atoms with Crippen LogP contribution in [0, 0.1) is 0 Å². The molecule has 0 fully saturated rings. The fraction of sp³-hybridized carbons (Fsp3) is 0.100. The molecule has 0 unspecified atom stereocenters. The molecule has 2 aromatic rings. The summed E-state index contributed by atoms with van der Waals surface area (Å²) in [6, 6.07) is 5.54. The summed E-state index contributed by atoms with van der Waals surface area (Å²) >= 11 is 5.98. The van der Waals surface area contributed by atoms with Gasteiger partial charge in [-0.15, -0.1) is 0 Å². The highest BCUT2D eigenvalue weighted by atomic mass is 35.5. The topological polar surface area (TPSA) is 37.9 Å². The molecule has 72 valence electrons. The fourth-order valence-corrected chi connectivity index (χ4v) is 1.49. The number of aromatic nitrogens is 2. The first-order valence-corrected chi connectivity index (χ1v) is 4.52. The molecule has 1 N–H and O–H groups in total. The average Bonchev–Trinajstić information content (AvgIpc) is 2.70. The highest BCUT2D eigenvalue weighted by molar-refractivity contribution is 6.32. The Kier molecular flexibility index (Phi) is 2.41. The highest BCUT2D eigenvalue weighted by Gasteiger charge is 2.04. The van der Waals surface area contributed by atoms with Crippen LogP contribution in [0.4, 0.5) is 0 Å². The molecule has 0 bridgehead atoms. The zero-order valence-corrected chi connectivity index (χ0v) is 8.38. The number of halogens is 1. The van der Waals surface area contributed by atoms with Crippen LogP contribution in [0.2, 0.25) is 5.02 Å². The molecule has 3 nitrogen and oxygen atoms in total. The summed E-state index contributed by atoms with van der Waals surface area (Å²) in [5, 5.41) is 0.585. The second-order valence-corrected chi connectivity index (χ2v) is 3.19. The summed E-state index contributed by atoms with van der Waals surface area (Å²) in [4.78, 5) is 7.14. The van der Waals surface area contributed by atoms with Crippen molar-refractivity contribution in [3.63, 3.8) is 0 Å². The van der Waals surface area contributed by atoms with Crippen LogP contribution in [0.15, 0.2) is 30.6 Å². The SMILES string of the molecule is COc1ccc(-c2ncc[nH]2)cc1Cl. The minimum Gasteiger partial charge on any atom is -0.495 e. The van der Waals surface area contributed by atoms with Gasteiger partial charge in [0, 0.05) is 18.0 Å². The molecular weight excluding hydrogens is 200 g/mol. The van der Waals surface area contributed by atoms with Crippen molar-refractivity contribution in [3.05, 3.63) is 35.6 Å². The number of methoxy groups -OCH3 is 1. The zero-order chi connectivity index (χ0) is 9.97. The standard InChI is InChI=1S/C10H9ClN2O/c1-14-9-3-2-7(6-8(9)11)10-12-4-5-13-10/h2-6H,1H3,(H,12,13). The Balaban J connectivity index is 2.43. The molecule has 0 aliphatic rings. The first kappa shape index (κ1) is 9.09. The lowest BCUT2D eigenvalue weighted by atomic mass is 10.2. The van der Waals surface area contributed by atoms with Crippen LogP contribution in [0.25, 0.3) is 11.4 Å². The Morgan fingerprint density at radius 1 is 1.43 bits per heavy atom. The van der Waals surface area contributed by atoms with Crippen LogP contribution in [0.1, 0.15) is 0 Å². The molecule has 1 heterocycles. The van der Waals surface area contributed by atoms with Crippen LogP contribution in [-0.2, 0) is 0 Å². The fourth-order valence-electron chi connectivity index (χ4n) is 1.24. The summed E-state index contributed by atoms with van der Waals surface area (Å²) in [5.74, 6) is 1.47. The average molecular weight is 209 g/mol. The second kappa shape index (κ2) is 3.72. The summed E-state index contributed by atoms with van der Waals surface area (Å²) < 4.78 is 5.05. The van der Waals surface area contributed by atoms with Crippen molar-refractivity contribution in [2.45, 2.75) is 0 Å². The predicted octanol–water partition coefficient (Wildman–Crippen LogP) is 2.74. The van der Waals surface area contributed by atoms with Crippen LogP contribution >= 0.6 is 11.6 Å². The Labute approximate surface area is 86.7 Å². The number of benzene rings is 1. The van der Waals surface area contributed by atoms with Crippen molar-refractivity contribution in [1.82, 2.24) is 9.97 Å². The van der Waals surface area contributed by atoms with Crippen molar-refractivity contribution in [2.24, 2.45) is 0 Å². The number of hydrogen-bond donors (Lipinski definition) is 1. The lowest BCUT2D eigenvalue weighted by molar-refractivity contribution is 0.415. The van der Waals surface area contributed by atoms with Crippen molar-refractivity contribution in [2.75, 3.05) is 7.11 Å². The zero-order valence-electron chi connectivity index (χ0n) is 7.62. The molecule has 0 aliphatic heterocycles. The number of H-pyrrole nitrogens is 1. The normalized spacial score (nSPS) is 10.1. The number of hydrogen-bond acceptors (Lipinski definition) is 2. The van der Waals surface area contributed by atoms with E-state index < -0.39 is 0 Å². The number of nitrogens with zero attached hydrogens (tertiary/aromatic N) is 1. The van der Waals surface area contributed by atoms with Crippen LogP contribution in [0.3, 0.4) is 0 Å². The Hall–Kier alpha value is -1.48. The van der Waals surface area contributed by atoms with Gasteiger partial charge in [0.15, 0.2) is 0 Å². The molecule has 0 spiro atoms. The predicted molar refractivity (Wildman–Crippen MR) is 55.6 cm³/mol. The Bertz CT molecular complexity index is 426. The summed E-state index contributed by atoms with van der Waals surface area (Å²) in [6.45, 7) is 0. The maximum Gasteiger partial charge on any atom is 0.137 e. The highest BCUT2D eigenvalue weighted by Crippen LogP contribution is 2.28. The van der Waals surface area contributed by atoms with Gasteiger partial charge in [0.2, 0.25) is 0 Å². The molecule has 1 aromatic heterocycles. The van der Waals surface area contributed by atoms with Gasteiger partial charge in [-0.2, -0.15) is 0 Å². The monoisotopic (exact) mass is 208 g/mol. The molecule has 0 saturated heterocycles.